The van der Waals surface area contributed by atoms with Crippen LogP contribution in [0.5, 0.6) is 0 Å². The number of fused-ring (bicyclic) bond motifs is 5. The molecule has 0 radical (unpaired) electrons. The van der Waals surface area contributed by atoms with Crippen LogP contribution in [0, 0.1) is 75.4 Å². The number of allylic oxidation sites excluding steroid dienone is 1. The van der Waals surface area contributed by atoms with Gasteiger partial charge in [0.2, 0.25) is 32.0 Å². The molecular weight excluding hydrogens is 1430 g/mol. The number of carboxylic acids is 1. The first kappa shape index (κ1) is 105. The van der Waals surface area contributed by atoms with Crippen LogP contribution < -0.4 is 18.9 Å². The number of nitrogens with zero attached hydrogens (tertiary/aromatic N) is 1. The molecule has 10 saturated carbocycles. The maximum absolute atomic E-state index is 13.3. The molecule has 10 aliphatic carbocycles. The Bertz CT molecular complexity index is 2610. The van der Waals surface area contributed by atoms with Gasteiger partial charge in [0, 0.05) is 123 Å². The number of Topliss-reactive ketones (excluding diaryl/α,β-unsaturated/α-hetero) is 3. The van der Waals surface area contributed by atoms with Crippen molar-refractivity contribution in [2.75, 3.05) is 61.9 Å². The Morgan fingerprint density at radius 1 is 0.462 bits per heavy atom. The van der Waals surface area contributed by atoms with Crippen LogP contribution in [0.25, 0.3) is 0 Å². The first-order chi connectivity index (χ1) is 44.5. The van der Waals surface area contributed by atoms with Gasteiger partial charge in [-0.1, -0.05) is 22.3 Å². The number of halogens is 11. The molecule has 0 aliphatic heterocycles. The van der Waals surface area contributed by atoms with Crippen molar-refractivity contribution < 1.29 is 154 Å². The van der Waals surface area contributed by atoms with E-state index < -0.39 is 94.3 Å². The van der Waals surface area contributed by atoms with Crippen molar-refractivity contribution in [3.63, 3.8) is 0 Å². The monoisotopic (exact) mass is 1560 g/mol. The SMILES string of the molecule is C.C.C.CC(C)(C(=O)O)C1(O)C[C@H]2CC(F)(F)C[C@H]2C1.COC(=O)C(C)(C)C1(O)C[C@H]2CC(F)(F)C[C@H]2C1.COC(=O)C(C)(C)C1(O)C[C@H]2CC(F)(F)C[C@H]2C1.COC(O[Si](C)(C)C)=C(C)C.COCCN(CCOC)S(F)(F)F.O.O=C1CC2CC(=O)CC2C1.O=C1C[C@@H]2CC(F)(F)C[C@@H]2C1.[Li+].[OH-]. The van der Waals surface area contributed by atoms with Crippen LogP contribution >= 0.6 is 11.4 Å². The Labute approximate surface area is 625 Å². The van der Waals surface area contributed by atoms with E-state index in [1.165, 1.54) is 42.3 Å². The number of methoxy groups -OCH3 is 5. The van der Waals surface area contributed by atoms with E-state index in [9.17, 15) is 90.9 Å². The molecule has 10 fully saturated rings. The number of hydrogen-bond donors (Lipinski definition) is 4. The molecule has 10 rings (SSSR count). The third-order valence-corrected chi connectivity index (χ3v) is 23.9. The van der Waals surface area contributed by atoms with E-state index in [1.54, 1.807) is 34.8 Å². The minimum atomic E-state index is -5.14. The summed E-state index contributed by atoms with van der Waals surface area (Å²) in [4.78, 5) is 67.2. The van der Waals surface area contributed by atoms with Gasteiger partial charge < -0.3 is 59.5 Å². The number of rotatable bonds is 16. The summed E-state index contributed by atoms with van der Waals surface area (Å²) in [5, 5.41) is 40.9. The minimum Gasteiger partial charge on any atom is -0.870 e. The summed E-state index contributed by atoms with van der Waals surface area (Å²) >= 11 is -5.14. The van der Waals surface area contributed by atoms with Crippen molar-refractivity contribution in [2.45, 2.75) is 266 Å². The summed E-state index contributed by atoms with van der Waals surface area (Å²) in [6.07, 6.45) is 3.69. The van der Waals surface area contributed by atoms with Crippen LogP contribution in [0.4, 0.5) is 46.8 Å². The number of alkyl halides is 8. The summed E-state index contributed by atoms with van der Waals surface area (Å²) in [5.74, 6) is -11.2. The van der Waals surface area contributed by atoms with Crippen LogP contribution in [0.15, 0.2) is 11.5 Å². The quantitative estimate of drug-likeness (QED) is 0.0483. The second-order valence-electron chi connectivity index (χ2n) is 32.0. The molecule has 7 N–H and O–H groups in total. The first-order valence-corrected chi connectivity index (χ1v) is 38.4. The Morgan fingerprint density at radius 2 is 0.692 bits per heavy atom. The Balaban J connectivity index is -0.00000115. The minimum absolute atomic E-state index is 0. The molecule has 0 heterocycles. The van der Waals surface area contributed by atoms with Gasteiger partial charge in [0.05, 0.1) is 67.6 Å². The van der Waals surface area contributed by atoms with Gasteiger partial charge in [-0.05, 0) is 173 Å². The van der Waals surface area contributed by atoms with Crippen LogP contribution in [0.2, 0.25) is 19.6 Å². The first-order valence-electron chi connectivity index (χ1n) is 33.7. The second-order valence-corrected chi connectivity index (χ2v) is 37.7. The molecule has 0 aromatic rings. The average Bonchev–Trinajstić information content (AvgIpc) is 1.69. The average molecular weight is 1560 g/mol. The molecule has 0 spiro atoms. The molecular formula is C71H125F11LiNO18SSi. The number of carboxylic acid groups (broad SMARTS) is 1. The van der Waals surface area contributed by atoms with Crippen molar-refractivity contribution in [1.29, 1.82) is 0 Å². The number of carbonyl (C=O) groups is 6. The van der Waals surface area contributed by atoms with Gasteiger partial charge in [-0.15, -0.1) is 11.7 Å². The Morgan fingerprint density at radius 3 is 0.875 bits per heavy atom. The van der Waals surface area contributed by atoms with Gasteiger partial charge >= 0.3 is 36.8 Å². The van der Waals surface area contributed by atoms with Crippen LogP contribution in [0.1, 0.15) is 206 Å². The molecule has 19 nitrogen and oxygen atoms in total. The normalized spacial score (nSPS) is 30.9. The van der Waals surface area contributed by atoms with Gasteiger partial charge in [0.1, 0.15) is 17.3 Å². The zero-order valence-corrected chi connectivity index (χ0v) is 63.7. The fraction of sp³-hybridized carbons (Fsp3) is 0.887. The van der Waals surface area contributed by atoms with E-state index in [1.807, 2.05) is 13.8 Å². The smallest absolute Gasteiger partial charge is 0.870 e. The van der Waals surface area contributed by atoms with Crippen LogP contribution in [-0.4, -0.2) is 182 Å². The Kier molecular flexibility index (Phi) is 40.5. The number of carbonyl (C=O) groups excluding carboxylic acids is 5. The summed E-state index contributed by atoms with van der Waals surface area (Å²) in [6, 6.07) is 0. The van der Waals surface area contributed by atoms with E-state index in [0.717, 1.165) is 5.57 Å². The summed E-state index contributed by atoms with van der Waals surface area (Å²) < 4.78 is 171. The maximum atomic E-state index is 13.3. The van der Waals surface area contributed by atoms with Crippen molar-refractivity contribution in [1.82, 2.24) is 4.31 Å². The summed E-state index contributed by atoms with van der Waals surface area (Å²) in [6.45, 7) is 19.7. The number of ketones is 3. The maximum Gasteiger partial charge on any atom is 1.00 e. The molecule has 104 heavy (non-hydrogen) atoms. The van der Waals surface area contributed by atoms with E-state index in [-0.39, 0.29) is 221 Å². The standard InChI is InChI=1S/2C13H20F2O3.C12H18F2O3.C8H10F2O.C8H18O2Si.C8H10O2.C6H14F3NO2S.3CH4.Li.2H2O/c2*1-11(2,10(16)18-3)12(17)4-8-6-13(14,15)7-9(8)5-12;1-10(2,9(15)16)11(17)3-7-5-12(13,14)6-8(7)4-11;9-8(10)3-5-1-7(11)2-6(5)4-8;1-7(2)8(9-3)10-11(4,5)6;9-7-1-5-2-8(10)4-6(5)3-7;1-11-5-3-10(4-6-12-2)13(7,8)9;;;;;;/h2*8-9,17H,4-7H2,1-3H3;7-8,17H,3-6H2,1-2H3,(H,15,16);5-6H,1-4H2;1-6H3;5-6H,1-4H2;3-6H2,1-2H3;3*1H4;;2*1H2/q;;;;;;;;;;+1;;/p-1/t2*8-,9+,12?;7-,8+,11?;5-,6+;;;;;;;;;. The molecule has 0 saturated heterocycles. The van der Waals surface area contributed by atoms with Crippen molar-refractivity contribution in [3.05, 3.63) is 11.5 Å². The molecule has 33 heteroatoms. The Hall–Kier alpha value is -3.17. The predicted molar refractivity (Wildman–Crippen MR) is 372 cm³/mol. The topological polar surface area (TPSA) is 303 Å². The molecule has 3 unspecified atom stereocenters. The molecule has 0 aromatic carbocycles. The van der Waals surface area contributed by atoms with E-state index in [4.69, 9.17) is 23.7 Å². The number of aliphatic carboxylic acids is 1. The zero-order valence-electron chi connectivity index (χ0n) is 61.9. The third kappa shape index (κ3) is 27.7. The number of hydrogen-bond acceptors (Lipinski definition) is 17. The molecule has 0 bridgehead atoms. The summed E-state index contributed by atoms with van der Waals surface area (Å²) in [7, 11) is 5.46. The largest absolute Gasteiger partial charge is 1.00 e. The van der Waals surface area contributed by atoms with Gasteiger partial charge in [0.25, 0.3) is 17.3 Å². The van der Waals surface area contributed by atoms with Gasteiger partial charge in [-0.2, -0.15) is 4.31 Å². The number of esters is 2. The molecule has 0 aromatic heterocycles. The van der Waals surface area contributed by atoms with E-state index >= 15 is 0 Å². The van der Waals surface area contributed by atoms with Gasteiger partial charge in [-0.25, -0.2) is 35.1 Å². The number of ether oxygens (including phenoxy) is 5. The second kappa shape index (κ2) is 40.2. The molecule has 11 atom stereocenters. The van der Waals surface area contributed by atoms with Crippen molar-refractivity contribution in [2.24, 2.45) is 75.4 Å². The van der Waals surface area contributed by atoms with Gasteiger partial charge in [0.15, 0.2) is 0 Å². The van der Waals surface area contributed by atoms with Crippen molar-refractivity contribution in [3.8, 4) is 0 Å². The van der Waals surface area contributed by atoms with Crippen LogP contribution in [-0.2, 0) is 56.9 Å². The molecule has 0 amide bonds. The fourth-order valence-corrected chi connectivity index (χ4v) is 17.7. The van der Waals surface area contributed by atoms with Crippen molar-refractivity contribution >= 4 is 54.9 Å². The zero-order chi connectivity index (χ0) is 75.2. The number of aliphatic hydroxyl groups is 3. The third-order valence-electron chi connectivity index (χ3n) is 22.1. The predicted octanol–water partition coefficient (Wildman–Crippen LogP) is 12.6. The summed E-state index contributed by atoms with van der Waals surface area (Å²) in [5.41, 5.74) is -6.12. The van der Waals surface area contributed by atoms with Gasteiger partial charge in [-0.3, -0.25) is 28.8 Å². The van der Waals surface area contributed by atoms with Crippen LogP contribution in [0.3, 0.4) is 0 Å². The van der Waals surface area contributed by atoms with E-state index in [2.05, 4.69) is 29.1 Å². The molecule has 10 aliphatic rings. The fourth-order valence-electron chi connectivity index (χ4n) is 16.3. The van der Waals surface area contributed by atoms with E-state index in [0.29, 0.717) is 72.2 Å². The molecule has 610 valence electrons.